The Labute approximate surface area is 243 Å². The number of anilines is 1. The van der Waals surface area contributed by atoms with Crippen molar-refractivity contribution in [3.63, 3.8) is 0 Å². The summed E-state index contributed by atoms with van der Waals surface area (Å²) in [5.41, 5.74) is 1.84. The molecule has 0 saturated carbocycles. The molecule has 2 amide bonds. The van der Waals surface area contributed by atoms with Crippen molar-refractivity contribution < 1.29 is 27.5 Å². The second kappa shape index (κ2) is 14.0. The van der Waals surface area contributed by atoms with Crippen LogP contribution >= 0.6 is 0 Å². The number of nitrogens with zero attached hydrogens (tertiary/aromatic N) is 2. The number of rotatable bonds is 13. The standard InChI is InChI=1S/C31H39N3O6S/c1-7-23(3)32-31(36)24(4)33(20-25-11-10-12-26(19-25)39-5)30(35)21-34(28-13-8-9-14-29(28)40-6)41(37,38)27-17-15-22(2)16-18-27/h8-19,23-24H,7,20-21H2,1-6H3,(H,32,36)/t23-,24-/m0/s1. The Morgan fingerprint density at radius 3 is 2.24 bits per heavy atom. The molecule has 0 aliphatic carbocycles. The number of hydrogen-bond donors (Lipinski definition) is 1. The summed E-state index contributed by atoms with van der Waals surface area (Å²) in [5.74, 6) is 0.00384. The maximum Gasteiger partial charge on any atom is 0.264 e. The Hall–Kier alpha value is -4.05. The predicted molar refractivity (Wildman–Crippen MR) is 160 cm³/mol. The van der Waals surface area contributed by atoms with Crippen molar-refractivity contribution in [3.8, 4) is 11.5 Å². The molecule has 0 heterocycles. The smallest absolute Gasteiger partial charge is 0.264 e. The molecular formula is C31H39N3O6S. The summed E-state index contributed by atoms with van der Waals surface area (Å²) in [6.07, 6.45) is 0.721. The van der Waals surface area contributed by atoms with Gasteiger partial charge in [0.05, 0.1) is 24.8 Å². The lowest BCUT2D eigenvalue weighted by molar-refractivity contribution is -0.139. The third-order valence-electron chi connectivity index (χ3n) is 6.90. The summed E-state index contributed by atoms with van der Waals surface area (Å²) in [7, 11) is -1.21. The maximum absolute atomic E-state index is 14.1. The topological polar surface area (TPSA) is 105 Å². The molecule has 0 saturated heterocycles. The highest BCUT2D eigenvalue weighted by molar-refractivity contribution is 7.92. The molecular weight excluding hydrogens is 542 g/mol. The Morgan fingerprint density at radius 2 is 1.61 bits per heavy atom. The van der Waals surface area contributed by atoms with Crippen molar-refractivity contribution in [3.05, 3.63) is 83.9 Å². The third-order valence-corrected chi connectivity index (χ3v) is 8.67. The van der Waals surface area contributed by atoms with Crippen molar-refractivity contribution in [2.45, 2.75) is 57.6 Å². The number of carbonyl (C=O) groups is 2. The van der Waals surface area contributed by atoms with E-state index in [2.05, 4.69) is 5.32 Å². The molecule has 3 rings (SSSR count). The van der Waals surface area contributed by atoms with Crippen LogP contribution in [0.4, 0.5) is 5.69 Å². The largest absolute Gasteiger partial charge is 0.497 e. The second-order valence-electron chi connectivity index (χ2n) is 9.86. The first-order valence-corrected chi connectivity index (χ1v) is 14.9. The lowest BCUT2D eigenvalue weighted by Crippen LogP contribution is -2.52. The quantitative estimate of drug-likeness (QED) is 0.318. The Balaban J connectivity index is 2.07. The van der Waals surface area contributed by atoms with Gasteiger partial charge in [-0.05, 0) is 69.2 Å². The normalized spacial score (nSPS) is 12.6. The van der Waals surface area contributed by atoms with E-state index in [-0.39, 0.29) is 34.8 Å². The van der Waals surface area contributed by atoms with E-state index in [4.69, 9.17) is 9.47 Å². The number of ether oxygens (including phenoxy) is 2. The molecule has 0 aliphatic heterocycles. The van der Waals surface area contributed by atoms with Gasteiger partial charge in [0.2, 0.25) is 11.8 Å². The van der Waals surface area contributed by atoms with Crippen LogP contribution in [0.3, 0.4) is 0 Å². The van der Waals surface area contributed by atoms with Gasteiger partial charge < -0.3 is 19.7 Å². The number of aryl methyl sites for hydroxylation is 1. The summed E-state index contributed by atoms with van der Waals surface area (Å²) < 4.78 is 39.9. The number of hydrogen-bond acceptors (Lipinski definition) is 6. The molecule has 9 nitrogen and oxygen atoms in total. The fraction of sp³-hybridized carbons (Fsp3) is 0.355. The first-order valence-electron chi connectivity index (χ1n) is 13.5. The van der Waals surface area contributed by atoms with Gasteiger partial charge in [-0.15, -0.1) is 0 Å². The average Bonchev–Trinajstić information content (AvgIpc) is 2.98. The minimum atomic E-state index is -4.20. The summed E-state index contributed by atoms with van der Waals surface area (Å²) in [4.78, 5) is 28.7. The fourth-order valence-electron chi connectivity index (χ4n) is 4.20. The summed E-state index contributed by atoms with van der Waals surface area (Å²) in [6, 6.07) is 19.2. The Kier molecular flexibility index (Phi) is 10.8. The van der Waals surface area contributed by atoms with Gasteiger partial charge in [0, 0.05) is 12.6 Å². The van der Waals surface area contributed by atoms with E-state index < -0.39 is 28.5 Å². The zero-order valence-corrected chi connectivity index (χ0v) is 25.3. The van der Waals surface area contributed by atoms with Crippen LogP contribution in [0.25, 0.3) is 0 Å². The van der Waals surface area contributed by atoms with E-state index >= 15 is 0 Å². The summed E-state index contributed by atoms with van der Waals surface area (Å²) in [6.45, 7) is 6.85. The zero-order valence-electron chi connectivity index (χ0n) is 24.5. The molecule has 0 aliphatic rings. The van der Waals surface area contributed by atoms with E-state index in [0.29, 0.717) is 5.75 Å². The monoisotopic (exact) mass is 581 g/mol. The highest BCUT2D eigenvalue weighted by atomic mass is 32.2. The molecule has 3 aromatic rings. The molecule has 0 bridgehead atoms. The van der Waals surface area contributed by atoms with Gasteiger partial charge in [-0.3, -0.25) is 13.9 Å². The second-order valence-corrected chi connectivity index (χ2v) is 11.7. The molecule has 0 radical (unpaired) electrons. The fourth-order valence-corrected chi connectivity index (χ4v) is 5.63. The van der Waals surface area contributed by atoms with Gasteiger partial charge in [-0.2, -0.15) is 0 Å². The molecule has 3 aromatic carbocycles. The predicted octanol–water partition coefficient (Wildman–Crippen LogP) is 4.54. The average molecular weight is 582 g/mol. The lowest BCUT2D eigenvalue weighted by Gasteiger charge is -2.32. The van der Waals surface area contributed by atoms with Crippen molar-refractivity contribution in [1.82, 2.24) is 10.2 Å². The Bertz CT molecular complexity index is 1440. The van der Waals surface area contributed by atoms with Crippen LogP contribution in [0.5, 0.6) is 11.5 Å². The first-order chi connectivity index (χ1) is 19.5. The van der Waals surface area contributed by atoms with Crippen molar-refractivity contribution in [1.29, 1.82) is 0 Å². The number of amides is 2. The SMILES string of the molecule is CC[C@H](C)NC(=O)[C@H](C)N(Cc1cccc(OC)c1)C(=O)CN(c1ccccc1OC)S(=O)(=O)c1ccc(C)cc1. The number of nitrogens with one attached hydrogen (secondary N) is 1. The van der Waals surface area contributed by atoms with Crippen LogP contribution in [0.2, 0.25) is 0 Å². The zero-order chi connectivity index (χ0) is 30.2. The van der Waals surface area contributed by atoms with E-state index in [1.54, 1.807) is 68.6 Å². The van der Waals surface area contributed by atoms with Crippen molar-refractivity contribution >= 4 is 27.5 Å². The number of methoxy groups -OCH3 is 2. The lowest BCUT2D eigenvalue weighted by atomic mass is 10.1. The molecule has 1 N–H and O–H groups in total. The van der Waals surface area contributed by atoms with Crippen LogP contribution < -0.4 is 19.1 Å². The minimum Gasteiger partial charge on any atom is -0.497 e. The molecule has 41 heavy (non-hydrogen) atoms. The van der Waals surface area contributed by atoms with Crippen LogP contribution in [-0.2, 0) is 26.2 Å². The van der Waals surface area contributed by atoms with E-state index in [1.807, 2.05) is 26.8 Å². The van der Waals surface area contributed by atoms with Crippen molar-refractivity contribution in [2.24, 2.45) is 0 Å². The molecule has 2 atom stereocenters. The first kappa shape index (κ1) is 31.5. The van der Waals surface area contributed by atoms with Crippen molar-refractivity contribution in [2.75, 3.05) is 25.1 Å². The van der Waals surface area contributed by atoms with Crippen LogP contribution in [0.15, 0.2) is 77.7 Å². The number of carbonyl (C=O) groups excluding carboxylic acids is 2. The molecule has 10 heteroatoms. The van der Waals surface area contributed by atoms with Gasteiger partial charge >= 0.3 is 0 Å². The van der Waals surface area contributed by atoms with E-state index in [1.165, 1.54) is 24.1 Å². The highest BCUT2D eigenvalue weighted by Gasteiger charge is 2.34. The van der Waals surface area contributed by atoms with Gasteiger partial charge in [0.25, 0.3) is 10.0 Å². The molecule has 220 valence electrons. The van der Waals surface area contributed by atoms with Gasteiger partial charge in [-0.1, -0.05) is 48.9 Å². The number of benzene rings is 3. The Morgan fingerprint density at radius 1 is 0.927 bits per heavy atom. The van der Waals surface area contributed by atoms with E-state index in [9.17, 15) is 18.0 Å². The van der Waals surface area contributed by atoms with E-state index in [0.717, 1.165) is 21.9 Å². The molecule has 0 spiro atoms. The summed E-state index contributed by atoms with van der Waals surface area (Å²) in [5, 5.41) is 2.93. The van der Waals surface area contributed by atoms with Gasteiger partial charge in [0.15, 0.2) is 0 Å². The number of para-hydroxylation sites is 2. The molecule has 0 fully saturated rings. The summed E-state index contributed by atoms with van der Waals surface area (Å²) >= 11 is 0. The molecule has 0 unspecified atom stereocenters. The third kappa shape index (κ3) is 7.79. The maximum atomic E-state index is 14.1. The van der Waals surface area contributed by atoms with Crippen LogP contribution in [-0.4, -0.2) is 58.0 Å². The van der Waals surface area contributed by atoms with Gasteiger partial charge in [-0.25, -0.2) is 8.42 Å². The highest BCUT2D eigenvalue weighted by Crippen LogP contribution is 2.32. The number of sulfonamides is 1. The minimum absolute atomic E-state index is 0.0312. The van der Waals surface area contributed by atoms with Crippen LogP contribution in [0.1, 0.15) is 38.3 Å². The van der Waals surface area contributed by atoms with Crippen LogP contribution in [0, 0.1) is 6.92 Å². The van der Waals surface area contributed by atoms with Gasteiger partial charge in [0.1, 0.15) is 24.1 Å². The molecule has 0 aromatic heterocycles.